The summed E-state index contributed by atoms with van der Waals surface area (Å²) in [6, 6.07) is 6.77. The van der Waals surface area contributed by atoms with Crippen LogP contribution in [0, 0.1) is 5.82 Å². The Balaban J connectivity index is 0.00000106. The summed E-state index contributed by atoms with van der Waals surface area (Å²) in [7, 11) is 0. The van der Waals surface area contributed by atoms with Gasteiger partial charge in [-0.2, -0.15) is 5.10 Å². The molecule has 1 aliphatic rings. The highest BCUT2D eigenvalue weighted by Gasteiger charge is 2.19. The van der Waals surface area contributed by atoms with E-state index in [9.17, 15) is 4.39 Å². The lowest BCUT2D eigenvalue weighted by atomic mass is 9.93. The SMILES string of the molecule is C=C(C)/C(=C(\C)c1cc2n(n1)CCNC2)c1ccc(F)cc1OC(C)C.CC.CC. The molecule has 30 heavy (non-hydrogen) atoms. The summed E-state index contributed by atoms with van der Waals surface area (Å²) >= 11 is 0. The van der Waals surface area contributed by atoms with E-state index in [-0.39, 0.29) is 11.9 Å². The number of nitrogens with one attached hydrogen (secondary N) is 1. The minimum Gasteiger partial charge on any atom is -0.490 e. The minimum atomic E-state index is -0.313. The molecule has 0 spiro atoms. The first-order valence-corrected chi connectivity index (χ1v) is 11.0. The van der Waals surface area contributed by atoms with E-state index in [1.807, 2.05) is 60.1 Å². The molecule has 0 fully saturated rings. The molecule has 5 heteroatoms. The van der Waals surface area contributed by atoms with Crippen molar-refractivity contribution in [3.05, 3.63) is 59.2 Å². The largest absolute Gasteiger partial charge is 0.490 e. The van der Waals surface area contributed by atoms with Gasteiger partial charge in [-0.15, -0.1) is 0 Å². The fourth-order valence-corrected chi connectivity index (χ4v) is 3.31. The predicted octanol–water partition coefficient (Wildman–Crippen LogP) is 6.47. The zero-order chi connectivity index (χ0) is 22.8. The van der Waals surface area contributed by atoms with Crippen molar-refractivity contribution in [2.24, 2.45) is 0 Å². The third kappa shape index (κ3) is 6.30. The van der Waals surface area contributed by atoms with Gasteiger partial charge in [0.05, 0.1) is 24.0 Å². The Bertz CT molecular complexity index is 842. The Kier molecular flexibility index (Phi) is 10.5. The number of fused-ring (bicyclic) bond motifs is 1. The third-order valence-electron chi connectivity index (χ3n) is 4.43. The highest BCUT2D eigenvalue weighted by molar-refractivity contribution is 5.97. The lowest BCUT2D eigenvalue weighted by Gasteiger charge is -2.18. The monoisotopic (exact) mass is 415 g/mol. The van der Waals surface area contributed by atoms with E-state index >= 15 is 0 Å². The standard InChI is InChI=1S/C21H26FN3O.2C2H6/c1-13(2)21(18-7-6-16(22)10-20(18)26-14(3)4)15(5)19-11-17-12-23-8-9-25(17)24-19;2*1-2/h6-7,10-11,14,23H,1,8-9,12H2,2-5H3;2*1-2H3/b21-15-;;. The molecule has 2 aromatic rings. The van der Waals surface area contributed by atoms with Gasteiger partial charge in [0.1, 0.15) is 11.6 Å². The Morgan fingerprint density at radius 3 is 2.40 bits per heavy atom. The van der Waals surface area contributed by atoms with Gasteiger partial charge < -0.3 is 10.1 Å². The van der Waals surface area contributed by atoms with Gasteiger partial charge in [0.15, 0.2) is 0 Å². The van der Waals surface area contributed by atoms with Gasteiger partial charge in [-0.1, -0.05) is 34.3 Å². The van der Waals surface area contributed by atoms with Crippen LogP contribution in [0.4, 0.5) is 4.39 Å². The zero-order valence-electron chi connectivity index (χ0n) is 19.9. The van der Waals surface area contributed by atoms with Gasteiger partial charge in [0.2, 0.25) is 0 Å². The fourth-order valence-electron chi connectivity index (χ4n) is 3.31. The number of hydrogen-bond donors (Lipinski definition) is 1. The molecule has 0 saturated heterocycles. The van der Waals surface area contributed by atoms with Crippen molar-refractivity contribution in [3.8, 4) is 5.75 Å². The average Bonchev–Trinajstić information content (AvgIpc) is 3.16. The number of benzene rings is 1. The first-order valence-electron chi connectivity index (χ1n) is 11.0. The van der Waals surface area contributed by atoms with Crippen molar-refractivity contribution in [1.29, 1.82) is 0 Å². The van der Waals surface area contributed by atoms with Crippen molar-refractivity contribution < 1.29 is 9.13 Å². The average molecular weight is 416 g/mol. The minimum absolute atomic E-state index is 0.0479. The highest BCUT2D eigenvalue weighted by Crippen LogP contribution is 2.37. The Morgan fingerprint density at radius 1 is 1.17 bits per heavy atom. The van der Waals surface area contributed by atoms with E-state index in [0.29, 0.717) is 5.75 Å². The lowest BCUT2D eigenvalue weighted by molar-refractivity contribution is 0.240. The van der Waals surface area contributed by atoms with Crippen LogP contribution < -0.4 is 10.1 Å². The first-order chi connectivity index (χ1) is 14.4. The summed E-state index contributed by atoms with van der Waals surface area (Å²) in [6.45, 7) is 22.6. The Morgan fingerprint density at radius 2 is 1.83 bits per heavy atom. The molecular formula is C25H38FN3O. The maximum Gasteiger partial charge on any atom is 0.130 e. The van der Waals surface area contributed by atoms with Crippen LogP contribution in [-0.4, -0.2) is 22.4 Å². The molecule has 0 unspecified atom stereocenters. The fraction of sp³-hybridized carbons (Fsp3) is 0.480. The van der Waals surface area contributed by atoms with Crippen LogP contribution in [0.15, 0.2) is 36.4 Å². The molecule has 1 aromatic carbocycles. The number of ether oxygens (including phenoxy) is 1. The Hall–Kier alpha value is -2.40. The van der Waals surface area contributed by atoms with Crippen LogP contribution in [0.3, 0.4) is 0 Å². The van der Waals surface area contributed by atoms with Gasteiger partial charge >= 0.3 is 0 Å². The Labute approximate surface area is 181 Å². The van der Waals surface area contributed by atoms with E-state index in [0.717, 1.165) is 47.6 Å². The summed E-state index contributed by atoms with van der Waals surface area (Å²) in [5, 5.41) is 8.11. The molecule has 0 saturated carbocycles. The van der Waals surface area contributed by atoms with Crippen LogP contribution in [-0.2, 0) is 13.1 Å². The van der Waals surface area contributed by atoms with Gasteiger partial charge in [-0.25, -0.2) is 4.39 Å². The molecule has 1 N–H and O–H groups in total. The summed E-state index contributed by atoms with van der Waals surface area (Å²) in [4.78, 5) is 0. The van der Waals surface area contributed by atoms with Crippen LogP contribution in [0.25, 0.3) is 11.1 Å². The quantitative estimate of drug-likeness (QED) is 0.569. The molecule has 0 bridgehead atoms. The van der Waals surface area contributed by atoms with Crippen LogP contribution >= 0.6 is 0 Å². The summed E-state index contributed by atoms with van der Waals surface area (Å²) in [5.74, 6) is 0.217. The molecular weight excluding hydrogens is 377 g/mol. The lowest BCUT2D eigenvalue weighted by Crippen LogP contribution is -2.28. The van der Waals surface area contributed by atoms with E-state index < -0.39 is 0 Å². The van der Waals surface area contributed by atoms with E-state index in [1.54, 1.807) is 6.07 Å². The van der Waals surface area contributed by atoms with Crippen molar-refractivity contribution in [3.63, 3.8) is 0 Å². The second-order valence-electron chi connectivity index (χ2n) is 7.01. The van der Waals surface area contributed by atoms with Crippen molar-refractivity contribution >= 4 is 11.1 Å². The molecule has 0 amide bonds. The number of allylic oxidation sites excluding steroid dienone is 3. The highest BCUT2D eigenvalue weighted by atomic mass is 19.1. The van der Waals surface area contributed by atoms with Gasteiger partial charge in [0.25, 0.3) is 0 Å². The molecule has 1 aliphatic heterocycles. The van der Waals surface area contributed by atoms with Crippen LogP contribution in [0.1, 0.15) is 72.3 Å². The number of nitrogens with zero attached hydrogens (tertiary/aromatic N) is 2. The molecule has 2 heterocycles. The molecule has 0 aliphatic carbocycles. The summed E-state index contributed by atoms with van der Waals surface area (Å²) < 4.78 is 21.7. The first kappa shape index (κ1) is 25.6. The summed E-state index contributed by atoms with van der Waals surface area (Å²) in [6.07, 6.45) is -0.0479. The number of rotatable bonds is 5. The molecule has 166 valence electrons. The number of halogens is 1. The molecule has 0 radical (unpaired) electrons. The van der Waals surface area contributed by atoms with E-state index in [4.69, 9.17) is 9.84 Å². The number of hydrogen-bond acceptors (Lipinski definition) is 3. The second-order valence-corrected chi connectivity index (χ2v) is 7.01. The van der Waals surface area contributed by atoms with Crippen LogP contribution in [0.5, 0.6) is 5.75 Å². The van der Waals surface area contributed by atoms with E-state index in [1.165, 1.54) is 17.8 Å². The van der Waals surface area contributed by atoms with Crippen LogP contribution in [0.2, 0.25) is 0 Å². The third-order valence-corrected chi connectivity index (χ3v) is 4.43. The van der Waals surface area contributed by atoms with Gasteiger partial charge in [-0.05, 0) is 62.6 Å². The number of aromatic nitrogens is 2. The normalized spacial score (nSPS) is 13.3. The van der Waals surface area contributed by atoms with Crippen molar-refractivity contribution in [1.82, 2.24) is 15.1 Å². The van der Waals surface area contributed by atoms with Gasteiger partial charge in [-0.3, -0.25) is 4.68 Å². The van der Waals surface area contributed by atoms with Crippen molar-refractivity contribution in [2.45, 2.75) is 74.6 Å². The second kappa shape index (κ2) is 12.3. The molecule has 1 aromatic heterocycles. The van der Waals surface area contributed by atoms with E-state index in [2.05, 4.69) is 18.0 Å². The molecule has 4 nitrogen and oxygen atoms in total. The maximum atomic E-state index is 13.8. The van der Waals surface area contributed by atoms with Gasteiger partial charge in [0, 0.05) is 24.7 Å². The predicted molar refractivity (Wildman–Crippen MR) is 126 cm³/mol. The smallest absolute Gasteiger partial charge is 0.130 e. The zero-order valence-corrected chi connectivity index (χ0v) is 19.9. The summed E-state index contributed by atoms with van der Waals surface area (Å²) in [5.41, 5.74) is 5.79. The molecule has 3 rings (SSSR count). The molecule has 0 atom stereocenters. The maximum absolute atomic E-state index is 13.8. The topological polar surface area (TPSA) is 39.1 Å². The van der Waals surface area contributed by atoms with Crippen molar-refractivity contribution in [2.75, 3.05) is 6.54 Å².